The second kappa shape index (κ2) is 15.2. The Morgan fingerprint density at radius 2 is 1.96 bits per heavy atom. The molecule has 7 rings (SSSR count). The average molecular weight is 754 g/mol. The smallest absolute Gasteiger partial charge is 0.850 e. The van der Waals surface area contributed by atoms with Crippen molar-refractivity contribution in [1.82, 2.24) is 14.8 Å². The molecule has 4 fully saturated rings. The number of ether oxygens (including phenoxy) is 2. The number of nitrogens with one attached hydrogen (secondary N) is 1. The Hall–Kier alpha value is -2.21. The molecule has 1 aliphatic carbocycles. The summed E-state index contributed by atoms with van der Waals surface area (Å²) >= 11 is 3.41. The van der Waals surface area contributed by atoms with E-state index in [-0.39, 0.29) is 101 Å². The predicted octanol–water partition coefficient (Wildman–Crippen LogP) is 2.37. The maximum absolute atomic E-state index is 16.1. The van der Waals surface area contributed by atoms with Gasteiger partial charge in [-0.1, -0.05) is 20.8 Å². The fourth-order valence-corrected chi connectivity index (χ4v) is 7.75. The number of aryl methyl sites for hydroxylation is 1. The fraction of sp³-hybridized carbons (Fsp3) is 0.657. The number of rotatable bonds is 6. The third-order valence-electron chi connectivity index (χ3n) is 9.20. The number of nitrogens with zero attached hydrogens (tertiary/aromatic N) is 5. The van der Waals surface area contributed by atoms with E-state index in [0.717, 1.165) is 25.8 Å². The summed E-state index contributed by atoms with van der Waals surface area (Å²) in [5.74, 6) is -0.443. The number of likely N-dealkylation sites (N-methyl/N-ethyl adjacent to an activating group) is 1. The van der Waals surface area contributed by atoms with Gasteiger partial charge in [0, 0.05) is 30.3 Å². The minimum atomic E-state index is -0.750. The first-order valence-corrected chi connectivity index (χ1v) is 17.5. The minimum Gasteiger partial charge on any atom is -0.850 e. The number of benzene rings is 1. The Morgan fingerprint density at radius 1 is 1.29 bits per heavy atom. The van der Waals surface area contributed by atoms with E-state index >= 15 is 4.39 Å². The topological polar surface area (TPSA) is 134 Å². The Bertz CT molecular complexity index is 1620. The van der Waals surface area contributed by atoms with Gasteiger partial charge in [-0.3, -0.25) is 9.69 Å². The molecule has 3 saturated heterocycles. The number of halogens is 2. The molecule has 4 aliphatic heterocycles. The predicted molar refractivity (Wildman–Crippen MR) is 183 cm³/mol. The van der Waals surface area contributed by atoms with E-state index in [4.69, 9.17) is 9.47 Å². The number of carbonyl (C=O) groups is 2. The van der Waals surface area contributed by atoms with Gasteiger partial charge >= 0.3 is 35.7 Å². The second-order valence-corrected chi connectivity index (χ2v) is 16.1. The zero-order valence-electron chi connectivity index (χ0n) is 30.2. The van der Waals surface area contributed by atoms with Crippen LogP contribution >= 0.6 is 15.9 Å². The molecule has 262 valence electrons. The number of amides is 2. The standard InChI is InChI=1S/C31H38BrFN6O4.C4H9O.Na/c1-16(20-9-7-11-37(20)5)42-29-26-28(19-12-17(8-6-10-34)23(32)24(33)25(19)36-29)39(15-22(40)35-26)27-18-13-21(27)38(14-18)30(41)43-31(2,3)4;1-4(2,3)5;/h12,16,18,20-21,27H,6-9,11,13-15H2,1-5H3,(H,35,40);1-3H3;/q;-1;+1/t16-,18?,20-,21?,27?;;/m0../s1. The van der Waals surface area contributed by atoms with Gasteiger partial charge in [-0.2, -0.15) is 5.26 Å². The number of carbonyl (C=O) groups excluding carboxylic acids is 2. The van der Waals surface area contributed by atoms with E-state index in [0.29, 0.717) is 35.3 Å². The molecule has 3 unspecified atom stereocenters. The van der Waals surface area contributed by atoms with Crippen LogP contribution in [0.4, 0.5) is 20.6 Å². The van der Waals surface area contributed by atoms with Crippen LogP contribution in [0.25, 0.3) is 10.9 Å². The number of anilines is 2. The molecule has 2 bridgehead atoms. The molecule has 5 heterocycles. The molecule has 2 amide bonds. The third-order valence-corrected chi connectivity index (χ3v) is 10.1. The average Bonchev–Trinajstić information content (AvgIpc) is 3.68. The summed E-state index contributed by atoms with van der Waals surface area (Å²) in [6.45, 7) is 14.0. The zero-order valence-corrected chi connectivity index (χ0v) is 33.7. The van der Waals surface area contributed by atoms with Crippen molar-refractivity contribution in [2.24, 2.45) is 5.92 Å². The van der Waals surface area contributed by atoms with Gasteiger partial charge in [-0.25, -0.2) is 14.2 Å². The van der Waals surface area contributed by atoms with Crippen molar-refractivity contribution in [2.75, 3.05) is 36.9 Å². The van der Waals surface area contributed by atoms with Crippen molar-refractivity contribution in [3.63, 3.8) is 0 Å². The Kier molecular flexibility index (Phi) is 12.3. The van der Waals surface area contributed by atoms with Gasteiger partial charge in [0.1, 0.15) is 22.9 Å². The molecular weight excluding hydrogens is 706 g/mol. The van der Waals surface area contributed by atoms with Crippen LogP contribution in [0.1, 0.15) is 79.7 Å². The number of fused-ring (bicyclic) bond motifs is 4. The number of aromatic nitrogens is 1. The summed E-state index contributed by atoms with van der Waals surface area (Å²) in [5.41, 5.74) is 0.459. The first-order chi connectivity index (χ1) is 22.4. The molecule has 5 atom stereocenters. The number of hydrogen-bond donors (Lipinski definition) is 1. The molecule has 11 nitrogen and oxygen atoms in total. The minimum absolute atomic E-state index is 0. The normalized spacial score (nSPS) is 23.8. The van der Waals surface area contributed by atoms with Gasteiger partial charge in [0.05, 0.1) is 34.9 Å². The second-order valence-electron chi connectivity index (χ2n) is 15.3. The van der Waals surface area contributed by atoms with Gasteiger partial charge in [0.25, 0.3) is 0 Å². The Labute approximate surface area is 319 Å². The first-order valence-electron chi connectivity index (χ1n) is 16.7. The van der Waals surface area contributed by atoms with Crippen LogP contribution < -0.4 is 49.6 Å². The largest absolute Gasteiger partial charge is 1.00 e. The van der Waals surface area contributed by atoms with E-state index in [1.807, 2.05) is 38.7 Å². The summed E-state index contributed by atoms with van der Waals surface area (Å²) in [5, 5.41) is 22.9. The molecule has 2 aromatic rings. The maximum Gasteiger partial charge on any atom is 1.00 e. The fourth-order valence-electron chi connectivity index (χ4n) is 7.25. The molecule has 1 N–H and O–H groups in total. The van der Waals surface area contributed by atoms with Crippen LogP contribution in [0.2, 0.25) is 0 Å². The monoisotopic (exact) mass is 752 g/mol. The first kappa shape index (κ1) is 39.6. The van der Waals surface area contributed by atoms with Crippen molar-refractivity contribution < 1.29 is 58.1 Å². The van der Waals surface area contributed by atoms with Gasteiger partial charge in [-0.15, -0.1) is 5.60 Å². The molecule has 14 heteroatoms. The molecule has 0 radical (unpaired) electrons. The summed E-state index contributed by atoms with van der Waals surface area (Å²) in [6, 6.07) is 3.87. The quantitative estimate of drug-likeness (QED) is 0.442. The summed E-state index contributed by atoms with van der Waals surface area (Å²) in [4.78, 5) is 37.1. The van der Waals surface area contributed by atoms with Crippen molar-refractivity contribution in [3.05, 3.63) is 21.9 Å². The van der Waals surface area contributed by atoms with Crippen LogP contribution in [-0.4, -0.2) is 88.9 Å². The maximum atomic E-state index is 16.1. The van der Waals surface area contributed by atoms with Gasteiger partial charge in [0.2, 0.25) is 11.8 Å². The van der Waals surface area contributed by atoms with Gasteiger partial charge in [-0.05, 0) is 94.5 Å². The van der Waals surface area contributed by atoms with Crippen LogP contribution in [0.15, 0.2) is 10.5 Å². The van der Waals surface area contributed by atoms with Crippen molar-refractivity contribution in [1.29, 1.82) is 5.26 Å². The summed E-state index contributed by atoms with van der Waals surface area (Å²) < 4.78 is 28.5. The van der Waals surface area contributed by atoms with E-state index in [2.05, 4.69) is 44.2 Å². The number of hydrogen-bond acceptors (Lipinski definition) is 9. The molecule has 1 saturated carbocycles. The number of likely N-dealkylation sites (tertiary alicyclic amines) is 1. The van der Waals surface area contributed by atoms with E-state index in [1.54, 1.807) is 25.7 Å². The van der Waals surface area contributed by atoms with Gasteiger partial charge in [0.15, 0.2) is 5.82 Å². The van der Waals surface area contributed by atoms with E-state index in [9.17, 15) is 20.0 Å². The van der Waals surface area contributed by atoms with Crippen molar-refractivity contribution in [3.8, 4) is 11.9 Å². The summed E-state index contributed by atoms with van der Waals surface area (Å²) in [6.07, 6.45) is 2.81. The molecule has 1 aromatic carbocycles. The van der Waals surface area contributed by atoms with E-state index < -0.39 is 17.0 Å². The van der Waals surface area contributed by atoms with Crippen LogP contribution in [0.3, 0.4) is 0 Å². The molecule has 49 heavy (non-hydrogen) atoms. The molecular formula is C35H47BrFN6NaO5. The van der Waals surface area contributed by atoms with Crippen LogP contribution in [0, 0.1) is 23.1 Å². The third kappa shape index (κ3) is 8.64. The van der Waals surface area contributed by atoms with Gasteiger partial charge < -0.3 is 29.7 Å². The molecule has 1 aromatic heterocycles. The number of nitriles is 1. The van der Waals surface area contributed by atoms with Crippen LogP contribution in [-0.2, 0) is 16.0 Å². The number of pyridine rings is 1. The molecule has 0 spiro atoms. The van der Waals surface area contributed by atoms with Crippen molar-refractivity contribution >= 4 is 50.2 Å². The van der Waals surface area contributed by atoms with E-state index in [1.165, 1.54) is 0 Å². The van der Waals surface area contributed by atoms with Crippen molar-refractivity contribution in [2.45, 2.75) is 116 Å². The Balaban J connectivity index is 0.000000841. The summed E-state index contributed by atoms with van der Waals surface area (Å²) in [7, 11) is 2.06. The molecule has 5 aliphatic rings. The van der Waals surface area contributed by atoms with Crippen LogP contribution in [0.5, 0.6) is 5.88 Å². The zero-order chi connectivity index (χ0) is 35.3. The Morgan fingerprint density at radius 3 is 2.55 bits per heavy atom. The SMILES string of the molecule is CC(C)(C)[O-].C[C@H](Oc1nc2c(F)c(Br)c(CCC#N)cc2c2c1NC(=O)CN2C1C2CC1N(C(=O)OC(C)(C)C)C2)[C@@H]1CCCN1C.[Na+].